The summed E-state index contributed by atoms with van der Waals surface area (Å²) in [6.07, 6.45) is 0. The molecular weight excluding hydrogens is 452 g/mol. The number of halogens is 1. The molecule has 1 amide bonds. The summed E-state index contributed by atoms with van der Waals surface area (Å²) in [5.41, 5.74) is -0.120. The number of carbonyl (C=O) groups excluding carboxylic acids is 2. The van der Waals surface area contributed by atoms with E-state index in [2.05, 4.69) is 5.32 Å². The van der Waals surface area contributed by atoms with E-state index in [1.807, 2.05) is 24.4 Å². The zero-order valence-electron chi connectivity index (χ0n) is 16.2. The maximum Gasteiger partial charge on any atom is 0.340 e. The van der Waals surface area contributed by atoms with Gasteiger partial charge in [0.2, 0.25) is 10.0 Å². The summed E-state index contributed by atoms with van der Waals surface area (Å²) in [7, 11) is -3.80. The average Bonchev–Trinajstić information content (AvgIpc) is 3.28. The lowest BCUT2D eigenvalue weighted by atomic mass is 10.2. The molecule has 1 aliphatic heterocycles. The van der Waals surface area contributed by atoms with E-state index in [0.29, 0.717) is 13.2 Å². The lowest BCUT2D eigenvalue weighted by Gasteiger charge is -2.26. The Morgan fingerprint density at radius 3 is 2.70 bits per heavy atom. The van der Waals surface area contributed by atoms with Gasteiger partial charge < -0.3 is 14.8 Å². The van der Waals surface area contributed by atoms with Crippen LogP contribution >= 0.6 is 22.9 Å². The summed E-state index contributed by atoms with van der Waals surface area (Å²) in [5.74, 6) is -1.35. The van der Waals surface area contributed by atoms with Crippen molar-refractivity contribution in [1.29, 1.82) is 0 Å². The second-order valence-electron chi connectivity index (χ2n) is 6.54. The summed E-state index contributed by atoms with van der Waals surface area (Å²) in [5, 5.41) is 4.67. The van der Waals surface area contributed by atoms with E-state index in [-0.39, 0.29) is 34.6 Å². The molecule has 1 unspecified atom stereocenters. The van der Waals surface area contributed by atoms with Crippen molar-refractivity contribution >= 4 is 44.8 Å². The molecule has 0 radical (unpaired) electrons. The number of sulfonamides is 1. The van der Waals surface area contributed by atoms with E-state index in [4.69, 9.17) is 21.1 Å². The third kappa shape index (κ3) is 5.38. The van der Waals surface area contributed by atoms with Crippen molar-refractivity contribution in [2.45, 2.75) is 17.9 Å². The summed E-state index contributed by atoms with van der Waals surface area (Å²) in [6, 6.07) is 7.37. The van der Waals surface area contributed by atoms with Crippen LogP contribution in [0.4, 0.5) is 0 Å². The Labute approximate surface area is 183 Å². The van der Waals surface area contributed by atoms with Crippen molar-refractivity contribution in [2.75, 3.05) is 32.9 Å². The standard InChI is InChI=1S/C19H21ClN2O6S2/c1-13(17-3-2-10-29-17)21-18(23)12-28-19(24)15-11-14(4-5-16(15)20)30(25,26)22-6-8-27-9-7-22/h2-5,10-11,13H,6-9,12H2,1H3,(H,21,23). The topological polar surface area (TPSA) is 102 Å². The number of nitrogens with one attached hydrogen (secondary N) is 1. The van der Waals surface area contributed by atoms with Crippen LogP contribution < -0.4 is 5.32 Å². The minimum Gasteiger partial charge on any atom is -0.452 e. The van der Waals surface area contributed by atoms with Crippen LogP contribution in [0.25, 0.3) is 0 Å². The Morgan fingerprint density at radius 2 is 2.03 bits per heavy atom. The predicted octanol–water partition coefficient (Wildman–Crippen LogP) is 2.46. The van der Waals surface area contributed by atoms with Crippen molar-refractivity contribution in [3.8, 4) is 0 Å². The van der Waals surface area contributed by atoms with Gasteiger partial charge in [-0.15, -0.1) is 11.3 Å². The summed E-state index contributed by atoms with van der Waals surface area (Å²) >= 11 is 7.57. The number of morpholine rings is 1. The van der Waals surface area contributed by atoms with Crippen molar-refractivity contribution in [3.63, 3.8) is 0 Å². The van der Waals surface area contributed by atoms with E-state index in [0.717, 1.165) is 4.88 Å². The summed E-state index contributed by atoms with van der Waals surface area (Å²) in [6.45, 7) is 2.38. The van der Waals surface area contributed by atoms with Crippen LogP contribution in [0.5, 0.6) is 0 Å². The fraction of sp³-hybridized carbons (Fsp3) is 0.368. The van der Waals surface area contributed by atoms with E-state index >= 15 is 0 Å². The molecule has 2 heterocycles. The second-order valence-corrected chi connectivity index (χ2v) is 9.86. The number of benzene rings is 1. The molecule has 1 saturated heterocycles. The smallest absolute Gasteiger partial charge is 0.340 e. The van der Waals surface area contributed by atoms with Gasteiger partial charge in [0.25, 0.3) is 5.91 Å². The van der Waals surface area contributed by atoms with Gasteiger partial charge in [0, 0.05) is 18.0 Å². The van der Waals surface area contributed by atoms with Crippen LogP contribution in [0.3, 0.4) is 0 Å². The van der Waals surface area contributed by atoms with Gasteiger partial charge in [-0.2, -0.15) is 4.31 Å². The molecule has 1 atom stereocenters. The number of thiophene rings is 1. The molecule has 2 aromatic rings. The number of ether oxygens (including phenoxy) is 2. The molecule has 162 valence electrons. The summed E-state index contributed by atoms with van der Waals surface area (Å²) < 4.78 is 37.1. The quantitative estimate of drug-likeness (QED) is 0.621. The van der Waals surface area contributed by atoms with Crippen LogP contribution in [-0.4, -0.2) is 57.5 Å². The molecule has 1 aromatic carbocycles. The summed E-state index contributed by atoms with van der Waals surface area (Å²) in [4.78, 5) is 25.4. The minimum atomic E-state index is -3.80. The fourth-order valence-corrected chi connectivity index (χ4v) is 5.22. The van der Waals surface area contributed by atoms with Gasteiger partial charge in [-0.05, 0) is 36.6 Å². The number of esters is 1. The number of rotatable bonds is 7. The molecule has 1 aliphatic rings. The lowest BCUT2D eigenvalue weighted by molar-refractivity contribution is -0.124. The normalized spacial score (nSPS) is 16.1. The van der Waals surface area contributed by atoms with E-state index in [1.54, 1.807) is 0 Å². The molecule has 0 spiro atoms. The molecular formula is C19H21ClN2O6S2. The second kappa shape index (κ2) is 9.88. The highest BCUT2D eigenvalue weighted by Gasteiger charge is 2.28. The predicted molar refractivity (Wildman–Crippen MR) is 112 cm³/mol. The number of hydrogen-bond donors (Lipinski definition) is 1. The van der Waals surface area contributed by atoms with Gasteiger partial charge in [-0.3, -0.25) is 4.79 Å². The van der Waals surface area contributed by atoms with Gasteiger partial charge in [-0.25, -0.2) is 13.2 Å². The van der Waals surface area contributed by atoms with Crippen molar-refractivity contribution in [1.82, 2.24) is 9.62 Å². The Morgan fingerprint density at radius 1 is 1.30 bits per heavy atom. The molecule has 0 bridgehead atoms. The van der Waals surface area contributed by atoms with Crippen molar-refractivity contribution in [2.24, 2.45) is 0 Å². The first-order chi connectivity index (χ1) is 14.3. The van der Waals surface area contributed by atoms with Gasteiger partial charge in [-0.1, -0.05) is 17.7 Å². The van der Waals surface area contributed by atoms with Crippen LogP contribution in [0.15, 0.2) is 40.6 Å². The highest BCUT2D eigenvalue weighted by Crippen LogP contribution is 2.24. The number of carbonyl (C=O) groups is 2. The van der Waals surface area contributed by atoms with Crippen molar-refractivity contribution < 1.29 is 27.5 Å². The zero-order valence-corrected chi connectivity index (χ0v) is 18.6. The Kier molecular flexibility index (Phi) is 7.48. The number of amides is 1. The van der Waals surface area contributed by atoms with E-state index in [9.17, 15) is 18.0 Å². The third-order valence-electron chi connectivity index (χ3n) is 4.45. The molecule has 1 N–H and O–H groups in total. The van der Waals surface area contributed by atoms with Gasteiger partial charge in [0.05, 0.1) is 34.7 Å². The lowest BCUT2D eigenvalue weighted by Crippen LogP contribution is -2.40. The first-order valence-corrected chi connectivity index (χ1v) is 11.9. The van der Waals surface area contributed by atoms with Gasteiger partial charge in [0.1, 0.15) is 0 Å². The number of hydrogen-bond acceptors (Lipinski definition) is 7. The van der Waals surface area contributed by atoms with Crippen LogP contribution in [0.1, 0.15) is 28.2 Å². The van der Waals surface area contributed by atoms with Crippen LogP contribution in [0.2, 0.25) is 5.02 Å². The maximum absolute atomic E-state index is 12.8. The van der Waals surface area contributed by atoms with E-state index < -0.39 is 28.5 Å². The molecule has 1 fully saturated rings. The molecule has 30 heavy (non-hydrogen) atoms. The SMILES string of the molecule is CC(NC(=O)COC(=O)c1cc(S(=O)(=O)N2CCOCC2)ccc1Cl)c1cccs1. The van der Waals surface area contributed by atoms with E-state index in [1.165, 1.54) is 33.8 Å². The molecule has 3 rings (SSSR count). The average molecular weight is 473 g/mol. The fourth-order valence-electron chi connectivity index (χ4n) is 2.86. The first kappa shape index (κ1) is 22.7. The minimum absolute atomic E-state index is 0.0355. The Hall–Kier alpha value is -1.98. The van der Waals surface area contributed by atoms with Crippen LogP contribution in [0, 0.1) is 0 Å². The highest BCUT2D eigenvalue weighted by molar-refractivity contribution is 7.89. The number of nitrogens with zero attached hydrogens (tertiary/aromatic N) is 1. The van der Waals surface area contributed by atoms with Crippen LogP contribution in [-0.2, 0) is 24.3 Å². The third-order valence-corrected chi connectivity index (χ3v) is 7.73. The Balaban J connectivity index is 1.65. The van der Waals surface area contributed by atoms with Gasteiger partial charge in [0.15, 0.2) is 6.61 Å². The first-order valence-electron chi connectivity index (χ1n) is 9.16. The Bertz CT molecular complexity index is 1000. The van der Waals surface area contributed by atoms with Gasteiger partial charge >= 0.3 is 5.97 Å². The zero-order chi connectivity index (χ0) is 21.7. The molecule has 11 heteroatoms. The largest absolute Gasteiger partial charge is 0.452 e. The molecule has 1 aromatic heterocycles. The highest BCUT2D eigenvalue weighted by atomic mass is 35.5. The monoisotopic (exact) mass is 472 g/mol. The molecule has 0 aliphatic carbocycles. The van der Waals surface area contributed by atoms with Crippen molar-refractivity contribution in [3.05, 3.63) is 51.2 Å². The maximum atomic E-state index is 12.8. The molecule has 8 nitrogen and oxygen atoms in total. The molecule has 0 saturated carbocycles.